The molecule has 136 valence electrons. The Morgan fingerprint density at radius 1 is 1.00 bits per heavy atom. The summed E-state index contributed by atoms with van der Waals surface area (Å²) in [6.45, 7) is 0. The average Bonchev–Trinajstić information content (AvgIpc) is 2.86. The van der Waals surface area contributed by atoms with Gasteiger partial charge in [0.1, 0.15) is 0 Å². The van der Waals surface area contributed by atoms with E-state index in [9.17, 15) is 18.0 Å². The lowest BCUT2D eigenvalue weighted by Gasteiger charge is -2.27. The summed E-state index contributed by atoms with van der Waals surface area (Å²) in [4.78, 5) is 24.4. The van der Waals surface area contributed by atoms with Crippen LogP contribution >= 0.6 is 0 Å². The van der Waals surface area contributed by atoms with Crippen molar-refractivity contribution < 1.29 is 22.7 Å². The Balaban J connectivity index is 2.06. The molecule has 0 spiro atoms. The number of carbonyl (C=O) groups excluding carboxylic acids is 2. The zero-order valence-corrected chi connectivity index (χ0v) is 14.9. The van der Waals surface area contributed by atoms with Crippen molar-refractivity contribution in [2.24, 2.45) is 0 Å². The molecule has 8 heteroatoms. The number of hydrogen-bond donors (Lipinski definition) is 0. The van der Waals surface area contributed by atoms with Gasteiger partial charge in [-0.3, -0.25) is 9.59 Å². The second-order valence-corrected chi connectivity index (χ2v) is 7.66. The topological polar surface area (TPSA) is 84.0 Å². The van der Waals surface area contributed by atoms with E-state index < -0.39 is 27.1 Å². The van der Waals surface area contributed by atoms with Crippen LogP contribution in [-0.2, 0) is 24.3 Å². The molecule has 1 atom stereocenters. The number of anilines is 2. The summed E-state index contributed by atoms with van der Waals surface area (Å²) in [7, 11) is -2.81. The molecule has 1 aliphatic heterocycles. The predicted molar refractivity (Wildman–Crippen MR) is 96.8 cm³/mol. The van der Waals surface area contributed by atoms with Gasteiger partial charge in [-0.05, 0) is 30.7 Å². The van der Waals surface area contributed by atoms with Gasteiger partial charge in [0.25, 0.3) is 15.9 Å². The lowest BCUT2D eigenvalue weighted by atomic mass is 10.2. The number of amides is 1. The normalized spacial score (nSPS) is 18.8. The Labute approximate surface area is 151 Å². The fourth-order valence-corrected chi connectivity index (χ4v) is 4.66. The van der Waals surface area contributed by atoms with E-state index in [1.165, 1.54) is 7.11 Å². The molecule has 2 aromatic rings. The van der Waals surface area contributed by atoms with E-state index in [0.717, 1.165) is 9.42 Å². The third-order valence-electron chi connectivity index (χ3n) is 4.08. The van der Waals surface area contributed by atoms with E-state index in [1.807, 2.05) is 0 Å². The van der Waals surface area contributed by atoms with Gasteiger partial charge in [-0.2, -0.15) is 4.41 Å². The molecule has 7 nitrogen and oxygen atoms in total. The summed E-state index contributed by atoms with van der Waals surface area (Å²) in [6, 6.07) is 16.9. The summed E-state index contributed by atoms with van der Waals surface area (Å²) in [5.74, 6) is -1.15. The van der Waals surface area contributed by atoms with Gasteiger partial charge in [0.05, 0.1) is 18.5 Å². The van der Waals surface area contributed by atoms with E-state index in [4.69, 9.17) is 0 Å². The zero-order chi connectivity index (χ0) is 18.7. The van der Waals surface area contributed by atoms with Gasteiger partial charge >= 0.3 is 5.97 Å². The highest BCUT2D eigenvalue weighted by Gasteiger charge is 2.52. The monoisotopic (exact) mass is 374 g/mol. The molecular weight excluding hydrogens is 356 g/mol. The molecule has 2 aromatic carbocycles. The maximum Gasteiger partial charge on any atom is 0.305 e. The van der Waals surface area contributed by atoms with Crippen molar-refractivity contribution in [3.8, 4) is 0 Å². The van der Waals surface area contributed by atoms with Crippen LogP contribution in [0.1, 0.15) is 12.8 Å². The van der Waals surface area contributed by atoms with E-state index in [1.54, 1.807) is 60.7 Å². The number of benzene rings is 2. The smallest absolute Gasteiger partial charge is 0.305 e. The highest BCUT2D eigenvalue weighted by molar-refractivity contribution is 7.94. The Bertz CT molecular complexity index is 900. The largest absolute Gasteiger partial charge is 0.469 e. The minimum Gasteiger partial charge on any atom is -0.469 e. The van der Waals surface area contributed by atoms with Gasteiger partial charge in [0, 0.05) is 6.42 Å². The van der Waals surface area contributed by atoms with Crippen molar-refractivity contribution in [1.29, 1.82) is 0 Å². The molecule has 0 saturated carbocycles. The second-order valence-electron chi connectivity index (χ2n) is 5.71. The number of hydrogen-bond acceptors (Lipinski definition) is 5. The Morgan fingerprint density at radius 3 is 2.08 bits per heavy atom. The van der Waals surface area contributed by atoms with Crippen LogP contribution in [0.15, 0.2) is 60.7 Å². The van der Waals surface area contributed by atoms with Gasteiger partial charge in [0.15, 0.2) is 5.25 Å². The molecule has 0 aliphatic carbocycles. The molecule has 0 radical (unpaired) electrons. The number of ether oxygens (including phenoxy) is 1. The third kappa shape index (κ3) is 3.15. The number of rotatable bonds is 5. The first kappa shape index (κ1) is 17.9. The second kappa shape index (κ2) is 7.17. The molecule has 1 aliphatic rings. The zero-order valence-electron chi connectivity index (χ0n) is 14.1. The summed E-state index contributed by atoms with van der Waals surface area (Å²) in [6.07, 6.45) is -0.294. The van der Waals surface area contributed by atoms with Crippen LogP contribution in [0.25, 0.3) is 0 Å². The van der Waals surface area contributed by atoms with E-state index >= 15 is 0 Å². The lowest BCUT2D eigenvalue weighted by Crippen LogP contribution is -2.41. The summed E-state index contributed by atoms with van der Waals surface area (Å²) < 4.78 is 31.8. The summed E-state index contributed by atoms with van der Waals surface area (Å²) in [5.41, 5.74) is 0.788. The van der Waals surface area contributed by atoms with Gasteiger partial charge in [-0.25, -0.2) is 13.4 Å². The Hall–Kier alpha value is -2.87. The number of hydrazine groups is 1. The average molecular weight is 374 g/mol. The standard InChI is InChI=1S/C18H18N2O5S/c1-25-17(21)13-12-16-18(22)19(14-8-4-2-5-9-14)20(26(16,23)24)15-10-6-3-7-11-15/h2-11,16H,12-13H2,1H3. The van der Waals surface area contributed by atoms with Crippen LogP contribution in [0.5, 0.6) is 0 Å². The number of sulfonamides is 1. The quantitative estimate of drug-likeness (QED) is 0.749. The molecular formula is C18H18N2O5S. The third-order valence-corrected chi connectivity index (χ3v) is 6.10. The first-order chi connectivity index (χ1) is 12.5. The first-order valence-corrected chi connectivity index (χ1v) is 9.52. The number of methoxy groups -OCH3 is 1. The molecule has 0 bridgehead atoms. The molecule has 1 saturated heterocycles. The molecule has 0 aromatic heterocycles. The van der Waals surface area contributed by atoms with Crippen molar-refractivity contribution in [3.05, 3.63) is 60.7 Å². The maximum absolute atomic E-state index is 13.1. The first-order valence-electron chi connectivity index (χ1n) is 8.01. The van der Waals surface area contributed by atoms with Gasteiger partial charge in [0.2, 0.25) is 0 Å². The summed E-state index contributed by atoms with van der Waals surface area (Å²) in [5, 5.41) is -0.200. The van der Waals surface area contributed by atoms with E-state index in [0.29, 0.717) is 11.4 Å². The highest BCUT2D eigenvalue weighted by atomic mass is 32.2. The van der Waals surface area contributed by atoms with Crippen molar-refractivity contribution in [1.82, 2.24) is 0 Å². The molecule has 1 heterocycles. The molecule has 26 heavy (non-hydrogen) atoms. The fraction of sp³-hybridized carbons (Fsp3) is 0.222. The van der Waals surface area contributed by atoms with Gasteiger partial charge < -0.3 is 4.74 Å². The van der Waals surface area contributed by atoms with Crippen LogP contribution < -0.4 is 9.42 Å². The van der Waals surface area contributed by atoms with Crippen molar-refractivity contribution in [3.63, 3.8) is 0 Å². The minimum absolute atomic E-state index is 0.138. The summed E-state index contributed by atoms with van der Waals surface area (Å²) >= 11 is 0. The van der Waals surface area contributed by atoms with Crippen LogP contribution in [0.2, 0.25) is 0 Å². The number of para-hydroxylation sites is 2. The maximum atomic E-state index is 13.1. The van der Waals surface area contributed by atoms with Crippen molar-refractivity contribution >= 4 is 33.3 Å². The van der Waals surface area contributed by atoms with Crippen LogP contribution in [-0.4, -0.2) is 32.7 Å². The fourth-order valence-electron chi connectivity index (χ4n) is 2.83. The number of esters is 1. The molecule has 0 N–H and O–H groups in total. The van der Waals surface area contributed by atoms with Gasteiger partial charge in [-0.15, -0.1) is 0 Å². The minimum atomic E-state index is -4.03. The van der Waals surface area contributed by atoms with Gasteiger partial charge in [-0.1, -0.05) is 36.4 Å². The van der Waals surface area contributed by atoms with E-state index in [-0.39, 0.29) is 12.8 Å². The number of nitrogens with zero attached hydrogens (tertiary/aromatic N) is 2. The molecule has 3 rings (SSSR count). The SMILES string of the molecule is COC(=O)CCC1C(=O)N(c2ccccc2)N(c2ccccc2)S1(=O)=O. The van der Waals surface area contributed by atoms with Crippen LogP contribution in [0, 0.1) is 0 Å². The Morgan fingerprint density at radius 2 is 1.54 bits per heavy atom. The number of carbonyl (C=O) groups is 2. The highest BCUT2D eigenvalue weighted by Crippen LogP contribution is 2.35. The predicted octanol–water partition coefficient (Wildman–Crippen LogP) is 2.11. The van der Waals surface area contributed by atoms with E-state index in [2.05, 4.69) is 4.74 Å². The molecule has 1 fully saturated rings. The molecule has 1 amide bonds. The molecule has 1 unspecified atom stereocenters. The lowest BCUT2D eigenvalue weighted by molar-refractivity contribution is -0.140. The van der Waals surface area contributed by atoms with Crippen molar-refractivity contribution in [2.45, 2.75) is 18.1 Å². The Kier molecular flexibility index (Phi) is 4.94. The van der Waals surface area contributed by atoms with Crippen LogP contribution in [0.4, 0.5) is 11.4 Å². The van der Waals surface area contributed by atoms with Crippen LogP contribution in [0.3, 0.4) is 0 Å². The van der Waals surface area contributed by atoms with Crippen molar-refractivity contribution in [2.75, 3.05) is 16.5 Å².